The molecular weight excluding hydrogens is 216 g/mol. The molecule has 5 nitrogen and oxygen atoms in total. The number of carbonyl (C=O) groups is 1. The van der Waals surface area contributed by atoms with Crippen LogP contribution in [-0.2, 0) is 0 Å². The highest BCUT2D eigenvalue weighted by atomic mass is 16.1. The summed E-state index contributed by atoms with van der Waals surface area (Å²) in [6, 6.07) is 7.30. The van der Waals surface area contributed by atoms with Crippen LogP contribution >= 0.6 is 0 Å². The number of rotatable bonds is 3. The molecule has 5 heteroatoms. The molecule has 0 fully saturated rings. The second kappa shape index (κ2) is 4.37. The van der Waals surface area contributed by atoms with Crippen molar-refractivity contribution in [1.82, 2.24) is 14.8 Å². The van der Waals surface area contributed by atoms with Gasteiger partial charge in [0.1, 0.15) is 11.4 Å². The molecule has 2 rings (SSSR count). The van der Waals surface area contributed by atoms with Gasteiger partial charge >= 0.3 is 0 Å². The first-order valence-electron chi connectivity index (χ1n) is 5.40. The van der Waals surface area contributed by atoms with Gasteiger partial charge in [-0.2, -0.15) is 5.10 Å². The molecule has 0 aromatic carbocycles. The van der Waals surface area contributed by atoms with Crippen molar-refractivity contribution < 1.29 is 4.79 Å². The van der Waals surface area contributed by atoms with Crippen LogP contribution in [0.4, 0.5) is 0 Å². The lowest BCUT2D eigenvalue weighted by atomic mass is 10.2. The van der Waals surface area contributed by atoms with Gasteiger partial charge in [-0.1, -0.05) is 6.07 Å². The molecule has 2 aromatic heterocycles. The van der Waals surface area contributed by atoms with Gasteiger partial charge in [-0.05, 0) is 32.0 Å². The first-order valence-corrected chi connectivity index (χ1v) is 5.40. The molecule has 0 aliphatic carbocycles. The first kappa shape index (κ1) is 11.3. The summed E-state index contributed by atoms with van der Waals surface area (Å²) in [5.74, 6) is -0.478. The molecule has 0 atom stereocenters. The van der Waals surface area contributed by atoms with Crippen molar-refractivity contribution in [2.75, 3.05) is 0 Å². The fourth-order valence-corrected chi connectivity index (χ4v) is 1.61. The van der Waals surface area contributed by atoms with Crippen molar-refractivity contribution in [3.05, 3.63) is 36.2 Å². The quantitative estimate of drug-likeness (QED) is 0.870. The lowest BCUT2D eigenvalue weighted by Crippen LogP contribution is -2.18. The highest BCUT2D eigenvalue weighted by molar-refractivity contribution is 5.92. The predicted molar refractivity (Wildman–Crippen MR) is 64.4 cm³/mol. The Labute approximate surface area is 99.3 Å². The molecule has 0 unspecified atom stereocenters. The molecule has 0 aliphatic rings. The smallest absolute Gasteiger partial charge is 0.267 e. The van der Waals surface area contributed by atoms with Crippen LogP contribution in [0.3, 0.4) is 0 Å². The maximum absolute atomic E-state index is 11.3. The summed E-state index contributed by atoms with van der Waals surface area (Å²) < 4.78 is 1.62. The van der Waals surface area contributed by atoms with E-state index in [4.69, 9.17) is 5.73 Å². The van der Waals surface area contributed by atoms with Crippen LogP contribution in [0.1, 0.15) is 30.4 Å². The van der Waals surface area contributed by atoms with Gasteiger partial charge < -0.3 is 5.73 Å². The van der Waals surface area contributed by atoms with E-state index in [1.807, 2.05) is 32.0 Å². The predicted octanol–water partition coefficient (Wildman–Crippen LogP) is 1.62. The zero-order chi connectivity index (χ0) is 12.4. The SMILES string of the molecule is CC(C)n1nc(-c2ccccn2)cc1C(N)=O. The van der Waals surface area contributed by atoms with Gasteiger partial charge in [-0.15, -0.1) is 0 Å². The number of primary amides is 1. The van der Waals surface area contributed by atoms with Crippen LogP contribution in [0.5, 0.6) is 0 Å². The Bertz CT molecular complexity index is 531. The van der Waals surface area contributed by atoms with Gasteiger partial charge in [0.25, 0.3) is 5.91 Å². The number of nitrogens with two attached hydrogens (primary N) is 1. The van der Waals surface area contributed by atoms with Gasteiger partial charge in [-0.25, -0.2) is 0 Å². The minimum absolute atomic E-state index is 0.0787. The Hall–Kier alpha value is -2.17. The lowest BCUT2D eigenvalue weighted by molar-refractivity contribution is 0.0988. The molecule has 1 amide bonds. The summed E-state index contributed by atoms with van der Waals surface area (Å²) in [6.07, 6.45) is 1.69. The monoisotopic (exact) mass is 230 g/mol. The van der Waals surface area contributed by atoms with Crippen LogP contribution in [0, 0.1) is 0 Å². The fourth-order valence-electron chi connectivity index (χ4n) is 1.61. The maximum atomic E-state index is 11.3. The Morgan fingerprint density at radius 1 is 1.35 bits per heavy atom. The lowest BCUT2D eigenvalue weighted by Gasteiger charge is -2.07. The van der Waals surface area contributed by atoms with E-state index in [0.29, 0.717) is 11.4 Å². The van der Waals surface area contributed by atoms with Crippen molar-refractivity contribution in [2.45, 2.75) is 19.9 Å². The van der Waals surface area contributed by atoms with E-state index in [1.165, 1.54) is 0 Å². The summed E-state index contributed by atoms with van der Waals surface area (Å²) in [4.78, 5) is 15.5. The third-order valence-electron chi connectivity index (χ3n) is 2.40. The zero-order valence-corrected chi connectivity index (χ0v) is 9.79. The minimum Gasteiger partial charge on any atom is -0.364 e. The van der Waals surface area contributed by atoms with Crippen molar-refractivity contribution in [3.8, 4) is 11.4 Å². The van der Waals surface area contributed by atoms with Gasteiger partial charge in [0.05, 0.1) is 5.69 Å². The molecule has 0 radical (unpaired) electrons. The zero-order valence-electron chi connectivity index (χ0n) is 9.79. The molecule has 0 saturated heterocycles. The van der Waals surface area contributed by atoms with Gasteiger partial charge in [0.15, 0.2) is 0 Å². The molecular formula is C12H14N4O. The third kappa shape index (κ3) is 2.18. The van der Waals surface area contributed by atoms with E-state index in [2.05, 4.69) is 10.1 Å². The number of hydrogen-bond donors (Lipinski definition) is 1. The highest BCUT2D eigenvalue weighted by Gasteiger charge is 2.15. The largest absolute Gasteiger partial charge is 0.364 e. The molecule has 0 aliphatic heterocycles. The first-order chi connectivity index (χ1) is 8.09. The number of nitrogens with zero attached hydrogens (tertiary/aromatic N) is 3. The standard InChI is InChI=1S/C12H14N4O/c1-8(2)16-11(12(13)17)7-10(15-16)9-5-3-4-6-14-9/h3-8H,1-2H3,(H2,13,17). The van der Waals surface area contributed by atoms with Crippen LogP contribution < -0.4 is 5.73 Å². The van der Waals surface area contributed by atoms with Gasteiger partial charge in [0.2, 0.25) is 0 Å². The van der Waals surface area contributed by atoms with E-state index in [1.54, 1.807) is 16.9 Å². The van der Waals surface area contributed by atoms with Crippen LogP contribution in [0.25, 0.3) is 11.4 Å². The average Bonchev–Trinajstić information content (AvgIpc) is 2.75. The molecule has 17 heavy (non-hydrogen) atoms. The summed E-state index contributed by atoms with van der Waals surface area (Å²) >= 11 is 0. The Kier molecular flexibility index (Phi) is 2.91. The van der Waals surface area contributed by atoms with Crippen molar-refractivity contribution in [3.63, 3.8) is 0 Å². The molecule has 2 aromatic rings. The topological polar surface area (TPSA) is 73.8 Å². The van der Waals surface area contributed by atoms with Crippen molar-refractivity contribution in [2.24, 2.45) is 5.73 Å². The normalized spacial score (nSPS) is 10.8. The van der Waals surface area contributed by atoms with Crippen LogP contribution in [0.2, 0.25) is 0 Å². The Morgan fingerprint density at radius 3 is 2.59 bits per heavy atom. The Morgan fingerprint density at radius 2 is 2.12 bits per heavy atom. The van der Waals surface area contributed by atoms with Crippen LogP contribution in [0.15, 0.2) is 30.5 Å². The van der Waals surface area contributed by atoms with Crippen molar-refractivity contribution in [1.29, 1.82) is 0 Å². The van der Waals surface area contributed by atoms with Gasteiger partial charge in [0, 0.05) is 12.2 Å². The molecule has 0 spiro atoms. The molecule has 0 saturated carbocycles. The van der Waals surface area contributed by atoms with E-state index >= 15 is 0 Å². The number of aromatic nitrogens is 3. The minimum atomic E-state index is -0.478. The van der Waals surface area contributed by atoms with E-state index in [9.17, 15) is 4.79 Å². The number of carbonyl (C=O) groups excluding carboxylic acids is 1. The molecule has 2 heterocycles. The van der Waals surface area contributed by atoms with Crippen LogP contribution in [-0.4, -0.2) is 20.7 Å². The third-order valence-corrected chi connectivity index (χ3v) is 2.40. The van der Waals surface area contributed by atoms with E-state index in [-0.39, 0.29) is 6.04 Å². The molecule has 2 N–H and O–H groups in total. The number of amides is 1. The second-order valence-corrected chi connectivity index (χ2v) is 4.03. The van der Waals surface area contributed by atoms with E-state index < -0.39 is 5.91 Å². The van der Waals surface area contributed by atoms with Gasteiger partial charge in [-0.3, -0.25) is 14.5 Å². The van der Waals surface area contributed by atoms with Crippen molar-refractivity contribution >= 4 is 5.91 Å². The van der Waals surface area contributed by atoms with E-state index in [0.717, 1.165) is 5.69 Å². The fraction of sp³-hybridized carbons (Fsp3) is 0.250. The highest BCUT2D eigenvalue weighted by Crippen LogP contribution is 2.18. The summed E-state index contributed by atoms with van der Waals surface area (Å²) in [6.45, 7) is 3.89. The molecule has 0 bridgehead atoms. The summed E-state index contributed by atoms with van der Waals surface area (Å²) in [5, 5.41) is 4.35. The summed E-state index contributed by atoms with van der Waals surface area (Å²) in [7, 11) is 0. The summed E-state index contributed by atoms with van der Waals surface area (Å²) in [5.41, 5.74) is 7.12. The Balaban J connectivity index is 2.51. The molecule has 88 valence electrons. The maximum Gasteiger partial charge on any atom is 0.267 e. The number of pyridine rings is 1. The number of hydrogen-bond acceptors (Lipinski definition) is 3. The average molecular weight is 230 g/mol. The second-order valence-electron chi connectivity index (χ2n) is 4.03.